The fraction of sp³-hybridized carbons (Fsp3) is 0.444. The van der Waals surface area contributed by atoms with E-state index in [1.807, 2.05) is 13.0 Å². The average molecular weight is 287 g/mol. The molecule has 0 aliphatic rings. The Morgan fingerprint density at radius 3 is 2.52 bits per heavy atom. The molecule has 1 aromatic carbocycles. The summed E-state index contributed by atoms with van der Waals surface area (Å²) in [5, 5.41) is 0. The van der Waals surface area contributed by atoms with Crippen LogP contribution in [0.15, 0.2) is 46.9 Å². The number of methoxy groups -OCH3 is 1. The highest BCUT2D eigenvalue weighted by atomic mass is 16.5. The van der Waals surface area contributed by atoms with E-state index in [0.717, 1.165) is 50.6 Å². The second kappa shape index (κ2) is 8.65. The van der Waals surface area contributed by atoms with Crippen LogP contribution in [0.25, 0.3) is 0 Å². The standard InChI is InChI=1S/C18H25NO2/c1-16-10-11-18(21-16)15-19(13-14-20-2)12-6-9-17-7-4-3-5-8-17/h3-5,7-8,10-11H,6,9,12-15H2,1-2H3. The highest BCUT2D eigenvalue weighted by Crippen LogP contribution is 2.11. The van der Waals surface area contributed by atoms with E-state index >= 15 is 0 Å². The van der Waals surface area contributed by atoms with E-state index in [1.54, 1.807) is 7.11 Å². The Morgan fingerprint density at radius 1 is 1.05 bits per heavy atom. The van der Waals surface area contributed by atoms with Gasteiger partial charge in [0.1, 0.15) is 11.5 Å². The summed E-state index contributed by atoms with van der Waals surface area (Å²) in [4.78, 5) is 2.39. The maximum absolute atomic E-state index is 5.68. The summed E-state index contributed by atoms with van der Waals surface area (Å²) in [6.45, 7) is 5.58. The number of ether oxygens (including phenoxy) is 1. The molecular formula is C18H25NO2. The largest absolute Gasteiger partial charge is 0.465 e. The third-order valence-corrected chi connectivity index (χ3v) is 3.57. The Morgan fingerprint density at radius 2 is 1.86 bits per heavy atom. The number of hydrogen-bond acceptors (Lipinski definition) is 3. The Hall–Kier alpha value is -1.58. The van der Waals surface area contributed by atoms with Gasteiger partial charge < -0.3 is 9.15 Å². The fourth-order valence-electron chi connectivity index (χ4n) is 2.43. The molecule has 0 bridgehead atoms. The molecule has 3 heteroatoms. The van der Waals surface area contributed by atoms with E-state index in [-0.39, 0.29) is 0 Å². The van der Waals surface area contributed by atoms with Crippen LogP contribution in [0, 0.1) is 6.92 Å². The fourth-order valence-corrected chi connectivity index (χ4v) is 2.43. The van der Waals surface area contributed by atoms with Gasteiger partial charge in [-0.3, -0.25) is 4.90 Å². The molecule has 1 aromatic heterocycles. The van der Waals surface area contributed by atoms with Gasteiger partial charge in [0.05, 0.1) is 13.2 Å². The lowest BCUT2D eigenvalue weighted by molar-refractivity contribution is 0.138. The lowest BCUT2D eigenvalue weighted by Crippen LogP contribution is -2.28. The molecule has 114 valence electrons. The summed E-state index contributed by atoms with van der Waals surface area (Å²) < 4.78 is 10.9. The number of hydrogen-bond donors (Lipinski definition) is 0. The number of aryl methyl sites for hydroxylation is 2. The average Bonchev–Trinajstić information content (AvgIpc) is 2.91. The van der Waals surface area contributed by atoms with E-state index < -0.39 is 0 Å². The van der Waals surface area contributed by atoms with Crippen molar-refractivity contribution in [2.75, 3.05) is 26.8 Å². The SMILES string of the molecule is COCCN(CCCc1ccccc1)Cc1ccc(C)o1. The van der Waals surface area contributed by atoms with Gasteiger partial charge in [-0.15, -0.1) is 0 Å². The van der Waals surface area contributed by atoms with Crippen LogP contribution in [-0.4, -0.2) is 31.7 Å². The quantitative estimate of drug-likeness (QED) is 0.703. The Kier molecular flexibility index (Phi) is 6.51. The molecule has 0 atom stereocenters. The van der Waals surface area contributed by atoms with Gasteiger partial charge in [-0.25, -0.2) is 0 Å². The molecule has 0 unspecified atom stereocenters. The summed E-state index contributed by atoms with van der Waals surface area (Å²) in [5.74, 6) is 2.00. The third-order valence-electron chi connectivity index (χ3n) is 3.57. The Bertz CT molecular complexity index is 507. The minimum Gasteiger partial charge on any atom is -0.465 e. The van der Waals surface area contributed by atoms with Crippen molar-refractivity contribution in [1.82, 2.24) is 4.90 Å². The van der Waals surface area contributed by atoms with Crippen molar-refractivity contribution in [3.05, 3.63) is 59.5 Å². The second-order valence-electron chi connectivity index (χ2n) is 5.37. The van der Waals surface area contributed by atoms with Crippen LogP contribution in [0.3, 0.4) is 0 Å². The molecular weight excluding hydrogens is 262 g/mol. The zero-order chi connectivity index (χ0) is 14.9. The summed E-state index contributed by atoms with van der Waals surface area (Å²) in [7, 11) is 1.75. The lowest BCUT2D eigenvalue weighted by atomic mass is 10.1. The van der Waals surface area contributed by atoms with Gasteiger partial charge in [-0.1, -0.05) is 30.3 Å². The molecule has 0 saturated heterocycles. The minimum absolute atomic E-state index is 0.755. The molecule has 0 aliphatic heterocycles. The van der Waals surface area contributed by atoms with Crippen molar-refractivity contribution in [2.24, 2.45) is 0 Å². The first-order valence-electron chi connectivity index (χ1n) is 7.58. The smallest absolute Gasteiger partial charge is 0.118 e. The van der Waals surface area contributed by atoms with Crippen LogP contribution in [0.2, 0.25) is 0 Å². The van der Waals surface area contributed by atoms with Crippen molar-refractivity contribution in [3.63, 3.8) is 0 Å². The molecule has 0 radical (unpaired) electrons. The van der Waals surface area contributed by atoms with Gasteiger partial charge in [-0.2, -0.15) is 0 Å². The number of nitrogens with zero attached hydrogens (tertiary/aromatic N) is 1. The summed E-state index contributed by atoms with van der Waals surface area (Å²) in [6, 6.07) is 14.7. The Labute approximate surface area is 127 Å². The third kappa shape index (κ3) is 5.74. The van der Waals surface area contributed by atoms with Gasteiger partial charge >= 0.3 is 0 Å². The molecule has 3 nitrogen and oxygen atoms in total. The van der Waals surface area contributed by atoms with Gasteiger partial charge in [0.25, 0.3) is 0 Å². The molecule has 21 heavy (non-hydrogen) atoms. The molecule has 0 amide bonds. The number of benzene rings is 1. The molecule has 0 aliphatic carbocycles. The molecule has 2 rings (SSSR count). The first-order chi connectivity index (χ1) is 10.3. The van der Waals surface area contributed by atoms with Crippen molar-refractivity contribution in [1.29, 1.82) is 0 Å². The predicted octanol–water partition coefficient (Wildman–Crippen LogP) is 3.67. The molecule has 0 fully saturated rings. The normalized spacial score (nSPS) is 11.2. The zero-order valence-corrected chi connectivity index (χ0v) is 13.0. The van der Waals surface area contributed by atoms with E-state index in [9.17, 15) is 0 Å². The van der Waals surface area contributed by atoms with Gasteiger partial charge in [0.15, 0.2) is 0 Å². The Balaban J connectivity index is 1.81. The first-order valence-corrected chi connectivity index (χ1v) is 7.58. The van der Waals surface area contributed by atoms with E-state index in [4.69, 9.17) is 9.15 Å². The molecule has 2 aromatic rings. The van der Waals surface area contributed by atoms with E-state index in [0.29, 0.717) is 0 Å². The zero-order valence-electron chi connectivity index (χ0n) is 13.0. The van der Waals surface area contributed by atoms with Gasteiger partial charge in [0, 0.05) is 13.7 Å². The lowest BCUT2D eigenvalue weighted by Gasteiger charge is -2.20. The van der Waals surface area contributed by atoms with Gasteiger partial charge in [0.2, 0.25) is 0 Å². The first kappa shape index (κ1) is 15.8. The molecule has 0 spiro atoms. The van der Waals surface area contributed by atoms with Crippen LogP contribution < -0.4 is 0 Å². The molecule has 0 saturated carbocycles. The van der Waals surface area contributed by atoms with Crippen molar-refractivity contribution < 1.29 is 9.15 Å². The van der Waals surface area contributed by atoms with Crippen LogP contribution in [0.4, 0.5) is 0 Å². The van der Waals surface area contributed by atoms with Crippen LogP contribution in [0.5, 0.6) is 0 Å². The number of rotatable bonds is 9. The molecule has 0 N–H and O–H groups in total. The summed E-state index contributed by atoms with van der Waals surface area (Å²) in [5.41, 5.74) is 1.40. The van der Waals surface area contributed by atoms with Crippen molar-refractivity contribution in [3.8, 4) is 0 Å². The van der Waals surface area contributed by atoms with E-state index in [2.05, 4.69) is 41.3 Å². The summed E-state index contributed by atoms with van der Waals surface area (Å²) in [6.07, 6.45) is 2.26. The predicted molar refractivity (Wildman–Crippen MR) is 85.4 cm³/mol. The maximum Gasteiger partial charge on any atom is 0.118 e. The van der Waals surface area contributed by atoms with E-state index in [1.165, 1.54) is 5.56 Å². The van der Waals surface area contributed by atoms with Crippen LogP contribution in [0.1, 0.15) is 23.5 Å². The summed E-state index contributed by atoms with van der Waals surface area (Å²) >= 11 is 0. The minimum atomic E-state index is 0.755. The highest BCUT2D eigenvalue weighted by Gasteiger charge is 2.08. The maximum atomic E-state index is 5.68. The van der Waals surface area contributed by atoms with Crippen molar-refractivity contribution in [2.45, 2.75) is 26.3 Å². The highest BCUT2D eigenvalue weighted by molar-refractivity contribution is 5.14. The number of furan rings is 1. The van der Waals surface area contributed by atoms with Crippen LogP contribution >= 0.6 is 0 Å². The monoisotopic (exact) mass is 287 g/mol. The topological polar surface area (TPSA) is 25.6 Å². The van der Waals surface area contributed by atoms with Crippen molar-refractivity contribution >= 4 is 0 Å². The van der Waals surface area contributed by atoms with Gasteiger partial charge in [-0.05, 0) is 44.0 Å². The van der Waals surface area contributed by atoms with Crippen LogP contribution in [-0.2, 0) is 17.7 Å². The second-order valence-corrected chi connectivity index (χ2v) is 5.37. The molecule has 1 heterocycles.